The zero-order valence-electron chi connectivity index (χ0n) is 10.9. The second-order valence-corrected chi connectivity index (χ2v) is 5.27. The van der Waals surface area contributed by atoms with Crippen LogP contribution in [0.1, 0.15) is 0 Å². The van der Waals surface area contributed by atoms with E-state index < -0.39 is 15.1 Å². The predicted octanol–water partition coefficient (Wildman–Crippen LogP) is -3.82. The van der Waals surface area contributed by atoms with Gasteiger partial charge in [0.15, 0.2) is 5.03 Å². The van der Waals surface area contributed by atoms with E-state index in [2.05, 4.69) is 4.99 Å². The molecule has 0 unspecified atom stereocenters. The van der Waals surface area contributed by atoms with Gasteiger partial charge in [0, 0.05) is 25.5 Å². The van der Waals surface area contributed by atoms with Gasteiger partial charge in [-0.2, -0.15) is 0 Å². The number of nitrogens with zero attached hydrogens (tertiary/aromatic N) is 3. The maximum Gasteiger partial charge on any atom is 1.00 e. The third-order valence-corrected chi connectivity index (χ3v) is 3.11. The summed E-state index contributed by atoms with van der Waals surface area (Å²) in [5.74, 6) is 0. The molecular formula is C11H12N3NaO3S. The maximum atomic E-state index is 11.1. The standard InChI is InChI=1S/C11H13N3O3S.Na/c1-13(2)14-7-9-5-3-4-6-10(9)12-11(8-14)18(15,16)17;/h3-8H,1-2H3,(H,15,16,17);/q;+1/p-1. The number of benzene rings is 1. The third kappa shape index (κ3) is 3.88. The molecule has 6 nitrogen and oxygen atoms in total. The fourth-order valence-corrected chi connectivity index (χ4v) is 1.94. The van der Waals surface area contributed by atoms with Crippen LogP contribution in [-0.4, -0.2) is 37.1 Å². The number of hydrazine groups is 1. The Balaban J connectivity index is 0.00000180. The minimum atomic E-state index is -4.60. The van der Waals surface area contributed by atoms with Gasteiger partial charge in [0.05, 0.1) is 11.6 Å². The zero-order chi connectivity index (χ0) is 13.3. The first-order valence-corrected chi connectivity index (χ1v) is 6.58. The smallest absolute Gasteiger partial charge is 0.743 e. The van der Waals surface area contributed by atoms with Gasteiger partial charge in [0.25, 0.3) is 0 Å². The molecule has 19 heavy (non-hydrogen) atoms. The molecule has 0 saturated carbocycles. The molecule has 0 saturated heterocycles. The Labute approximate surface area is 133 Å². The molecule has 0 aromatic heterocycles. The van der Waals surface area contributed by atoms with Crippen LogP contribution in [0.2, 0.25) is 0 Å². The summed E-state index contributed by atoms with van der Waals surface area (Å²) >= 11 is 0. The van der Waals surface area contributed by atoms with E-state index in [9.17, 15) is 13.0 Å². The summed E-state index contributed by atoms with van der Waals surface area (Å²) in [6.07, 6.45) is 2.90. The molecule has 0 fully saturated rings. The van der Waals surface area contributed by atoms with Crippen LogP contribution in [0.25, 0.3) is 6.20 Å². The fraction of sp³-hybridized carbons (Fsp3) is 0.182. The molecule has 0 amide bonds. The number of para-hydroxylation sites is 1. The van der Waals surface area contributed by atoms with E-state index in [1.807, 2.05) is 6.07 Å². The second-order valence-electron chi connectivity index (χ2n) is 3.95. The number of hydrogen-bond donors (Lipinski definition) is 0. The van der Waals surface area contributed by atoms with Gasteiger partial charge in [-0.25, -0.2) is 18.4 Å². The first-order valence-electron chi connectivity index (χ1n) is 5.17. The van der Waals surface area contributed by atoms with Gasteiger partial charge in [0.1, 0.15) is 10.1 Å². The molecule has 1 aliphatic heterocycles. The van der Waals surface area contributed by atoms with Crippen molar-refractivity contribution in [2.24, 2.45) is 4.99 Å². The number of hydrogen-bond acceptors (Lipinski definition) is 6. The fourth-order valence-electron chi connectivity index (χ4n) is 1.49. The van der Waals surface area contributed by atoms with Crippen molar-refractivity contribution in [1.82, 2.24) is 10.0 Å². The Hall–Kier alpha value is -0.700. The maximum absolute atomic E-state index is 11.1. The summed E-state index contributed by atoms with van der Waals surface area (Å²) in [5.41, 5.74) is 0. The molecule has 1 heterocycles. The first-order chi connectivity index (χ1) is 8.38. The largest absolute Gasteiger partial charge is 1.00 e. The van der Waals surface area contributed by atoms with Crippen LogP contribution in [0.5, 0.6) is 0 Å². The molecule has 8 heteroatoms. The second kappa shape index (κ2) is 6.17. The van der Waals surface area contributed by atoms with E-state index in [0.29, 0.717) is 5.36 Å². The third-order valence-electron chi connectivity index (χ3n) is 2.40. The summed E-state index contributed by atoms with van der Waals surface area (Å²) in [7, 11) is -1.14. The van der Waals surface area contributed by atoms with Crippen LogP contribution in [0.3, 0.4) is 0 Å². The zero-order valence-corrected chi connectivity index (χ0v) is 13.8. The molecule has 0 aliphatic carbocycles. The molecule has 0 N–H and O–H groups in total. The molecular weight excluding hydrogens is 277 g/mol. The van der Waals surface area contributed by atoms with Gasteiger partial charge in [-0.05, 0) is 6.07 Å². The molecule has 1 aromatic carbocycles. The molecule has 2 rings (SSSR count). The first kappa shape index (κ1) is 16.4. The summed E-state index contributed by atoms with van der Waals surface area (Å²) in [6.45, 7) is 0. The number of rotatable bonds is 2. The van der Waals surface area contributed by atoms with E-state index in [1.54, 1.807) is 43.5 Å². The average molecular weight is 289 g/mol. The van der Waals surface area contributed by atoms with Crippen molar-refractivity contribution in [2.45, 2.75) is 0 Å². The van der Waals surface area contributed by atoms with Crippen molar-refractivity contribution < 1.29 is 42.5 Å². The Bertz CT molecular complexity index is 713. The summed E-state index contributed by atoms with van der Waals surface area (Å²) in [6, 6.07) is 7.00. The monoisotopic (exact) mass is 289 g/mol. The topological polar surface area (TPSA) is 76.0 Å². The van der Waals surface area contributed by atoms with Crippen LogP contribution >= 0.6 is 0 Å². The van der Waals surface area contributed by atoms with Crippen molar-refractivity contribution in [3.63, 3.8) is 0 Å². The summed E-state index contributed by atoms with van der Waals surface area (Å²) < 4.78 is 33.4. The van der Waals surface area contributed by atoms with Gasteiger partial charge in [-0.1, -0.05) is 18.2 Å². The molecule has 1 aliphatic rings. The van der Waals surface area contributed by atoms with Gasteiger partial charge in [-0.3, -0.25) is 5.01 Å². The molecule has 96 valence electrons. The summed E-state index contributed by atoms with van der Waals surface area (Å²) in [5, 5.41) is 3.83. The van der Waals surface area contributed by atoms with Gasteiger partial charge in [0.2, 0.25) is 0 Å². The van der Waals surface area contributed by atoms with E-state index in [4.69, 9.17) is 0 Å². The molecule has 0 radical (unpaired) electrons. The Morgan fingerprint density at radius 2 is 1.84 bits per heavy atom. The van der Waals surface area contributed by atoms with Crippen molar-refractivity contribution in [1.29, 1.82) is 0 Å². The predicted molar refractivity (Wildman–Crippen MR) is 65.0 cm³/mol. The number of fused-ring (bicyclic) bond motifs is 1. The summed E-state index contributed by atoms with van der Waals surface area (Å²) in [4.78, 5) is 3.90. The normalized spacial score (nSPS) is 14.5. The van der Waals surface area contributed by atoms with Crippen molar-refractivity contribution in [3.8, 4) is 0 Å². The van der Waals surface area contributed by atoms with Crippen LogP contribution in [0, 0.1) is 0 Å². The van der Waals surface area contributed by atoms with Crippen molar-refractivity contribution in [3.05, 3.63) is 46.1 Å². The van der Waals surface area contributed by atoms with E-state index in [0.717, 1.165) is 5.22 Å². The molecule has 1 aromatic rings. The van der Waals surface area contributed by atoms with E-state index >= 15 is 0 Å². The van der Waals surface area contributed by atoms with Crippen LogP contribution in [0.15, 0.2) is 40.5 Å². The Morgan fingerprint density at radius 3 is 2.42 bits per heavy atom. The van der Waals surface area contributed by atoms with Crippen LogP contribution in [0.4, 0.5) is 0 Å². The molecule has 0 bridgehead atoms. The van der Waals surface area contributed by atoms with Crippen LogP contribution < -0.4 is 40.1 Å². The molecule has 0 atom stereocenters. The Morgan fingerprint density at radius 1 is 1.21 bits per heavy atom. The molecule has 0 spiro atoms. The van der Waals surface area contributed by atoms with Crippen molar-refractivity contribution in [2.75, 3.05) is 14.1 Å². The van der Waals surface area contributed by atoms with E-state index in [1.165, 1.54) is 11.2 Å². The van der Waals surface area contributed by atoms with Gasteiger partial charge >= 0.3 is 29.6 Å². The average Bonchev–Trinajstić information content (AvgIpc) is 2.47. The van der Waals surface area contributed by atoms with Crippen molar-refractivity contribution >= 4 is 16.3 Å². The quantitative estimate of drug-likeness (QED) is 0.412. The van der Waals surface area contributed by atoms with Gasteiger partial charge < -0.3 is 4.55 Å². The van der Waals surface area contributed by atoms with Crippen LogP contribution in [-0.2, 0) is 10.1 Å². The van der Waals surface area contributed by atoms with Gasteiger partial charge in [-0.15, -0.1) is 0 Å². The minimum Gasteiger partial charge on any atom is -0.743 e. The minimum absolute atomic E-state index is 0. The van der Waals surface area contributed by atoms with E-state index in [-0.39, 0.29) is 29.6 Å². The Kier molecular flexibility index (Phi) is 5.31. The SMILES string of the molecule is CN(C)N1C=C(S(=O)(=O)[O-])N=c2ccccc2=C1.[Na+].